The Kier molecular flexibility index (Phi) is 3.11. The van der Waals surface area contributed by atoms with E-state index in [1.165, 1.54) is 0 Å². The van der Waals surface area contributed by atoms with Crippen LogP contribution in [0.4, 0.5) is 0 Å². The summed E-state index contributed by atoms with van der Waals surface area (Å²) in [5.74, 6) is 0.765. The summed E-state index contributed by atoms with van der Waals surface area (Å²) in [7, 11) is 3.40. The number of hydrogen-bond donors (Lipinski definition) is 0. The fourth-order valence-corrected chi connectivity index (χ4v) is 2.64. The van der Waals surface area contributed by atoms with Gasteiger partial charge in [-0.1, -0.05) is 6.07 Å². The maximum Gasteiger partial charge on any atom is 0.254 e. The van der Waals surface area contributed by atoms with Crippen LogP contribution in [0, 0.1) is 11.3 Å². The maximum atomic E-state index is 11.9. The molecule has 4 nitrogen and oxygen atoms in total. The number of nitriles is 1. The van der Waals surface area contributed by atoms with Crippen LogP contribution < -0.4 is 4.74 Å². The van der Waals surface area contributed by atoms with Crippen LogP contribution in [0.3, 0.4) is 0 Å². The second kappa shape index (κ2) is 4.95. The summed E-state index contributed by atoms with van der Waals surface area (Å²) >= 11 is 0. The van der Waals surface area contributed by atoms with Crippen molar-refractivity contribution < 1.29 is 9.53 Å². The molecule has 104 valence electrons. The number of carbonyl (C=O) groups excluding carboxylic acids is 1. The van der Waals surface area contributed by atoms with Gasteiger partial charge in [0.1, 0.15) is 5.75 Å². The van der Waals surface area contributed by atoms with E-state index in [0.717, 1.165) is 22.3 Å². The summed E-state index contributed by atoms with van der Waals surface area (Å²) in [6, 6.07) is 13.2. The van der Waals surface area contributed by atoms with Gasteiger partial charge in [0.05, 0.1) is 18.7 Å². The molecule has 0 aliphatic carbocycles. The molecule has 0 fully saturated rings. The van der Waals surface area contributed by atoms with Crippen LogP contribution in [-0.2, 0) is 6.54 Å². The quantitative estimate of drug-likeness (QED) is 0.848. The van der Waals surface area contributed by atoms with Crippen LogP contribution in [0.25, 0.3) is 11.1 Å². The van der Waals surface area contributed by atoms with E-state index in [2.05, 4.69) is 6.07 Å². The molecular weight excluding hydrogens is 264 g/mol. The second-order valence-corrected chi connectivity index (χ2v) is 5.06. The number of benzene rings is 2. The van der Waals surface area contributed by atoms with Crippen molar-refractivity contribution in [1.82, 2.24) is 4.90 Å². The first-order chi connectivity index (χ1) is 10.1. The van der Waals surface area contributed by atoms with Gasteiger partial charge in [-0.05, 0) is 41.5 Å². The summed E-state index contributed by atoms with van der Waals surface area (Å²) in [5, 5.41) is 9.05. The Morgan fingerprint density at radius 3 is 2.71 bits per heavy atom. The predicted molar refractivity (Wildman–Crippen MR) is 78.9 cm³/mol. The van der Waals surface area contributed by atoms with Gasteiger partial charge in [0.15, 0.2) is 0 Å². The summed E-state index contributed by atoms with van der Waals surface area (Å²) in [6.45, 7) is 0.613. The van der Waals surface area contributed by atoms with Gasteiger partial charge in [0.25, 0.3) is 5.91 Å². The molecule has 1 aliphatic rings. The van der Waals surface area contributed by atoms with E-state index in [9.17, 15) is 4.79 Å². The summed E-state index contributed by atoms with van der Waals surface area (Å²) < 4.78 is 5.37. The molecule has 1 heterocycles. The normalized spacial score (nSPS) is 13.0. The molecule has 0 saturated heterocycles. The van der Waals surface area contributed by atoms with Crippen LogP contribution in [0.5, 0.6) is 5.75 Å². The van der Waals surface area contributed by atoms with E-state index in [1.807, 2.05) is 18.2 Å². The van der Waals surface area contributed by atoms with E-state index in [-0.39, 0.29) is 5.91 Å². The van der Waals surface area contributed by atoms with Crippen LogP contribution in [0.1, 0.15) is 21.5 Å². The van der Waals surface area contributed by atoms with Crippen molar-refractivity contribution >= 4 is 5.91 Å². The van der Waals surface area contributed by atoms with E-state index in [1.54, 1.807) is 37.3 Å². The van der Waals surface area contributed by atoms with Gasteiger partial charge in [-0.25, -0.2) is 0 Å². The lowest BCUT2D eigenvalue weighted by atomic mass is 9.98. The molecule has 0 bridgehead atoms. The van der Waals surface area contributed by atoms with E-state index in [4.69, 9.17) is 10.00 Å². The molecule has 1 aliphatic heterocycles. The highest BCUT2D eigenvalue weighted by Gasteiger charge is 2.24. The van der Waals surface area contributed by atoms with Gasteiger partial charge < -0.3 is 9.64 Å². The molecule has 0 aromatic heterocycles. The minimum Gasteiger partial charge on any atom is -0.496 e. The van der Waals surface area contributed by atoms with Crippen molar-refractivity contribution in [3.8, 4) is 22.9 Å². The van der Waals surface area contributed by atoms with Crippen LogP contribution in [0.2, 0.25) is 0 Å². The van der Waals surface area contributed by atoms with E-state index < -0.39 is 0 Å². The molecule has 0 unspecified atom stereocenters. The zero-order valence-corrected chi connectivity index (χ0v) is 11.9. The minimum absolute atomic E-state index is 0.0503. The first-order valence-electron chi connectivity index (χ1n) is 6.61. The van der Waals surface area contributed by atoms with Crippen molar-refractivity contribution in [2.45, 2.75) is 6.54 Å². The predicted octanol–water partition coefficient (Wildman–Crippen LogP) is 2.82. The number of rotatable bonds is 2. The van der Waals surface area contributed by atoms with Gasteiger partial charge in [-0.2, -0.15) is 5.26 Å². The Bertz CT molecular complexity index is 775. The summed E-state index contributed by atoms with van der Waals surface area (Å²) in [6.07, 6.45) is 0. The number of fused-ring (bicyclic) bond motifs is 1. The first-order valence-corrected chi connectivity index (χ1v) is 6.61. The molecule has 4 heteroatoms. The Labute approximate surface area is 123 Å². The number of carbonyl (C=O) groups is 1. The Balaban J connectivity index is 2.13. The average molecular weight is 278 g/mol. The largest absolute Gasteiger partial charge is 0.496 e. The molecule has 0 saturated carbocycles. The molecule has 0 N–H and O–H groups in total. The fourth-order valence-electron chi connectivity index (χ4n) is 2.64. The number of amides is 1. The van der Waals surface area contributed by atoms with Crippen molar-refractivity contribution in [1.29, 1.82) is 5.26 Å². The van der Waals surface area contributed by atoms with Crippen molar-refractivity contribution in [3.05, 3.63) is 53.1 Å². The van der Waals surface area contributed by atoms with Gasteiger partial charge in [0, 0.05) is 24.7 Å². The molecule has 0 spiro atoms. The molecule has 2 aromatic rings. The first kappa shape index (κ1) is 13.2. The molecule has 3 rings (SSSR count). The number of nitrogens with zero attached hydrogens (tertiary/aromatic N) is 2. The smallest absolute Gasteiger partial charge is 0.254 e. The number of hydrogen-bond acceptors (Lipinski definition) is 3. The molecule has 1 amide bonds. The average Bonchev–Trinajstić information content (AvgIpc) is 2.80. The lowest BCUT2D eigenvalue weighted by Gasteiger charge is -2.10. The van der Waals surface area contributed by atoms with Crippen LogP contribution in [-0.4, -0.2) is 25.0 Å². The number of ether oxygens (including phenoxy) is 1. The third-order valence-electron chi connectivity index (χ3n) is 3.73. The lowest BCUT2D eigenvalue weighted by Crippen LogP contribution is -2.17. The standard InChI is InChI=1S/C17H14N2O2/c1-19-10-13-8-12(4-5-14(13)17(19)20)15-7-11(9-18)3-6-16(15)21-2/h3-8H,10H2,1-2H3. The topological polar surface area (TPSA) is 53.3 Å². The van der Waals surface area contributed by atoms with Crippen molar-refractivity contribution in [2.24, 2.45) is 0 Å². The van der Waals surface area contributed by atoms with Crippen molar-refractivity contribution in [2.75, 3.05) is 14.2 Å². The zero-order chi connectivity index (χ0) is 15.0. The molecule has 2 aromatic carbocycles. The highest BCUT2D eigenvalue weighted by atomic mass is 16.5. The van der Waals surface area contributed by atoms with Gasteiger partial charge >= 0.3 is 0 Å². The third-order valence-corrected chi connectivity index (χ3v) is 3.73. The van der Waals surface area contributed by atoms with Gasteiger partial charge in [-0.3, -0.25) is 4.79 Å². The number of methoxy groups -OCH3 is 1. The Hall–Kier alpha value is -2.80. The molecule has 0 radical (unpaired) electrons. The van der Waals surface area contributed by atoms with Crippen LogP contribution >= 0.6 is 0 Å². The molecular formula is C17H14N2O2. The van der Waals surface area contributed by atoms with E-state index in [0.29, 0.717) is 17.9 Å². The van der Waals surface area contributed by atoms with Gasteiger partial charge in [0.2, 0.25) is 0 Å². The van der Waals surface area contributed by atoms with E-state index >= 15 is 0 Å². The monoisotopic (exact) mass is 278 g/mol. The molecule has 0 atom stereocenters. The van der Waals surface area contributed by atoms with Gasteiger partial charge in [-0.15, -0.1) is 0 Å². The lowest BCUT2D eigenvalue weighted by molar-refractivity contribution is 0.0816. The highest BCUT2D eigenvalue weighted by Crippen LogP contribution is 2.33. The molecule has 21 heavy (non-hydrogen) atoms. The third kappa shape index (κ3) is 2.13. The maximum absolute atomic E-state index is 11.9. The minimum atomic E-state index is 0.0503. The Morgan fingerprint density at radius 2 is 2.00 bits per heavy atom. The SMILES string of the molecule is COc1ccc(C#N)cc1-c1ccc2c(c1)CN(C)C2=O. The van der Waals surface area contributed by atoms with Crippen molar-refractivity contribution in [3.63, 3.8) is 0 Å². The summed E-state index contributed by atoms with van der Waals surface area (Å²) in [4.78, 5) is 13.6. The summed E-state index contributed by atoms with van der Waals surface area (Å²) in [5.41, 5.74) is 4.15. The highest BCUT2D eigenvalue weighted by molar-refractivity contribution is 5.98. The second-order valence-electron chi connectivity index (χ2n) is 5.06. The zero-order valence-electron chi connectivity index (χ0n) is 11.9. The Morgan fingerprint density at radius 1 is 1.19 bits per heavy atom. The van der Waals surface area contributed by atoms with Crippen LogP contribution in [0.15, 0.2) is 36.4 Å². The fraction of sp³-hybridized carbons (Fsp3) is 0.176.